The van der Waals surface area contributed by atoms with Gasteiger partial charge < -0.3 is 4.43 Å². The molecule has 2 rings (SSSR count). The van der Waals surface area contributed by atoms with Crippen molar-refractivity contribution in [2.24, 2.45) is 4.99 Å². The highest BCUT2D eigenvalue weighted by atomic mass is 28.3. The first-order valence-electron chi connectivity index (χ1n) is 7.12. The van der Waals surface area contributed by atoms with Crippen molar-refractivity contribution in [3.8, 4) is 5.75 Å². The van der Waals surface area contributed by atoms with Crippen molar-refractivity contribution in [2.45, 2.75) is 33.4 Å². The Hall–Kier alpha value is -2.01. The molecule has 0 fully saturated rings. The summed E-state index contributed by atoms with van der Waals surface area (Å²) in [5.74, 6) is 0.879. The Balaban J connectivity index is 2.15. The van der Waals surface area contributed by atoms with E-state index in [-0.39, 0.29) is 0 Å². The van der Waals surface area contributed by atoms with E-state index in [9.17, 15) is 0 Å². The van der Waals surface area contributed by atoms with Crippen LogP contribution in [0.4, 0.5) is 5.69 Å². The Morgan fingerprint density at radius 3 is 2.67 bits per heavy atom. The minimum absolute atomic E-state index is 0.673. The number of aryl methyl sites for hydroxylation is 2. The van der Waals surface area contributed by atoms with Gasteiger partial charge in [0.2, 0.25) is 9.04 Å². The zero-order valence-corrected chi connectivity index (χ0v) is 14.2. The minimum Gasteiger partial charge on any atom is -0.546 e. The molecule has 0 aliphatic carbocycles. The number of aliphatic imine (C=N–C) groups is 1. The van der Waals surface area contributed by atoms with Gasteiger partial charge in [0, 0.05) is 25.0 Å². The third kappa shape index (κ3) is 4.49. The lowest BCUT2D eigenvalue weighted by Gasteiger charge is -2.12. The Morgan fingerprint density at radius 1 is 1.19 bits per heavy atom. The van der Waals surface area contributed by atoms with Crippen LogP contribution in [0.25, 0.3) is 0 Å². The van der Waals surface area contributed by atoms with E-state index in [0.29, 0.717) is 6.42 Å². The summed E-state index contributed by atoms with van der Waals surface area (Å²) in [6, 6.07) is 6.10. The van der Waals surface area contributed by atoms with Crippen molar-refractivity contribution in [3.63, 3.8) is 0 Å². The molecule has 0 aliphatic rings. The highest BCUT2D eigenvalue weighted by Crippen LogP contribution is 2.28. The standard InChI is InChI=1S/C16H21N3OSi/c1-12-5-6-15(16(11-12)20-21(3)4)18-8-7-14-13(2)17-9-10-19-14/h5-6,8-11,21H,7H2,1-4H3. The van der Waals surface area contributed by atoms with Gasteiger partial charge in [0.25, 0.3) is 0 Å². The van der Waals surface area contributed by atoms with Gasteiger partial charge >= 0.3 is 0 Å². The summed E-state index contributed by atoms with van der Waals surface area (Å²) < 4.78 is 5.95. The number of aromatic nitrogens is 2. The van der Waals surface area contributed by atoms with Gasteiger partial charge in [-0.3, -0.25) is 15.0 Å². The van der Waals surface area contributed by atoms with E-state index in [1.54, 1.807) is 12.4 Å². The first-order chi connectivity index (χ1) is 10.1. The highest BCUT2D eigenvalue weighted by Gasteiger charge is 2.05. The fourth-order valence-corrected chi connectivity index (χ4v) is 2.64. The molecule has 0 radical (unpaired) electrons. The van der Waals surface area contributed by atoms with Crippen LogP contribution in [0.2, 0.25) is 13.1 Å². The summed E-state index contributed by atoms with van der Waals surface area (Å²) in [5, 5.41) is 0. The molecular formula is C16H21N3OSi. The lowest BCUT2D eigenvalue weighted by Crippen LogP contribution is -2.11. The van der Waals surface area contributed by atoms with E-state index in [1.165, 1.54) is 5.56 Å². The summed E-state index contributed by atoms with van der Waals surface area (Å²) >= 11 is 0. The summed E-state index contributed by atoms with van der Waals surface area (Å²) in [5.41, 5.74) is 3.96. The molecule has 21 heavy (non-hydrogen) atoms. The first kappa shape index (κ1) is 15.4. The second kappa shape index (κ2) is 7.13. The van der Waals surface area contributed by atoms with Crippen molar-refractivity contribution in [1.82, 2.24) is 9.97 Å². The molecule has 0 spiro atoms. The predicted octanol–water partition coefficient (Wildman–Crippen LogP) is 3.40. The van der Waals surface area contributed by atoms with Crippen LogP contribution < -0.4 is 4.43 Å². The van der Waals surface area contributed by atoms with Gasteiger partial charge in [-0.1, -0.05) is 6.07 Å². The third-order valence-electron chi connectivity index (χ3n) is 2.98. The maximum absolute atomic E-state index is 5.95. The Labute approximate surface area is 127 Å². The molecule has 0 aliphatic heterocycles. The second-order valence-electron chi connectivity index (χ2n) is 5.24. The molecule has 5 heteroatoms. The monoisotopic (exact) mass is 299 g/mol. The maximum atomic E-state index is 5.95. The number of rotatable bonds is 5. The number of hydrogen-bond acceptors (Lipinski definition) is 4. The molecule has 0 atom stereocenters. The smallest absolute Gasteiger partial charge is 0.229 e. The average Bonchev–Trinajstić information content (AvgIpc) is 2.42. The van der Waals surface area contributed by atoms with E-state index in [2.05, 4.69) is 41.0 Å². The van der Waals surface area contributed by atoms with Crippen LogP contribution in [-0.4, -0.2) is 25.2 Å². The molecule has 0 bridgehead atoms. The molecule has 0 unspecified atom stereocenters. The van der Waals surface area contributed by atoms with Crippen LogP contribution >= 0.6 is 0 Å². The molecule has 0 amide bonds. The van der Waals surface area contributed by atoms with Crippen LogP contribution in [-0.2, 0) is 6.42 Å². The van der Waals surface area contributed by atoms with Crippen LogP contribution in [0.1, 0.15) is 17.0 Å². The molecular weight excluding hydrogens is 278 g/mol. The van der Waals surface area contributed by atoms with E-state index in [1.807, 2.05) is 25.3 Å². The highest BCUT2D eigenvalue weighted by molar-refractivity contribution is 6.49. The molecule has 4 nitrogen and oxygen atoms in total. The quantitative estimate of drug-likeness (QED) is 0.628. The summed E-state index contributed by atoms with van der Waals surface area (Å²) in [4.78, 5) is 13.1. The first-order valence-corrected chi connectivity index (χ1v) is 9.90. The van der Waals surface area contributed by atoms with Crippen LogP contribution in [0.5, 0.6) is 5.75 Å². The fourth-order valence-electron chi connectivity index (χ4n) is 1.94. The molecule has 1 aromatic heterocycles. The minimum atomic E-state index is -1.14. The molecule has 0 saturated carbocycles. The normalized spacial score (nSPS) is 11.3. The van der Waals surface area contributed by atoms with E-state index in [0.717, 1.165) is 22.8 Å². The van der Waals surface area contributed by atoms with Gasteiger partial charge in [-0.2, -0.15) is 0 Å². The van der Waals surface area contributed by atoms with Crippen molar-refractivity contribution < 1.29 is 4.43 Å². The van der Waals surface area contributed by atoms with Gasteiger partial charge in [0.15, 0.2) is 0 Å². The third-order valence-corrected chi connectivity index (χ3v) is 3.70. The van der Waals surface area contributed by atoms with Crippen molar-refractivity contribution in [3.05, 3.63) is 47.5 Å². The topological polar surface area (TPSA) is 47.4 Å². The molecule has 1 aromatic carbocycles. The van der Waals surface area contributed by atoms with Gasteiger partial charge in [-0.25, -0.2) is 0 Å². The lowest BCUT2D eigenvalue weighted by molar-refractivity contribution is 0.581. The van der Waals surface area contributed by atoms with Gasteiger partial charge in [0.1, 0.15) is 11.4 Å². The number of benzene rings is 1. The average molecular weight is 299 g/mol. The van der Waals surface area contributed by atoms with Crippen molar-refractivity contribution in [1.29, 1.82) is 0 Å². The van der Waals surface area contributed by atoms with Crippen LogP contribution in [0, 0.1) is 13.8 Å². The second-order valence-corrected chi connectivity index (χ2v) is 7.58. The maximum Gasteiger partial charge on any atom is 0.229 e. The zero-order chi connectivity index (χ0) is 15.2. The Morgan fingerprint density at radius 2 is 1.95 bits per heavy atom. The van der Waals surface area contributed by atoms with Crippen molar-refractivity contribution in [2.75, 3.05) is 0 Å². The van der Waals surface area contributed by atoms with Gasteiger partial charge in [-0.05, 0) is 44.6 Å². The Bertz CT molecular complexity index is 641. The predicted molar refractivity (Wildman–Crippen MR) is 89.3 cm³/mol. The zero-order valence-electron chi connectivity index (χ0n) is 13.0. The number of hydrogen-bond donors (Lipinski definition) is 0. The van der Waals surface area contributed by atoms with Crippen LogP contribution in [0.3, 0.4) is 0 Å². The number of nitrogens with zero attached hydrogens (tertiary/aromatic N) is 3. The van der Waals surface area contributed by atoms with E-state index >= 15 is 0 Å². The summed E-state index contributed by atoms with van der Waals surface area (Å²) in [7, 11) is -1.14. The van der Waals surface area contributed by atoms with Gasteiger partial charge in [0.05, 0.1) is 11.4 Å². The van der Waals surface area contributed by atoms with Crippen molar-refractivity contribution >= 4 is 20.9 Å². The fraction of sp³-hybridized carbons (Fsp3) is 0.312. The molecule has 0 saturated heterocycles. The lowest BCUT2D eigenvalue weighted by atomic mass is 10.2. The largest absolute Gasteiger partial charge is 0.546 e. The Kier molecular flexibility index (Phi) is 5.22. The van der Waals surface area contributed by atoms with E-state index in [4.69, 9.17) is 4.43 Å². The summed E-state index contributed by atoms with van der Waals surface area (Å²) in [6.07, 6.45) is 5.96. The SMILES string of the molecule is Cc1ccc(N=CCc2nccnc2C)c(O[SiH](C)C)c1. The van der Waals surface area contributed by atoms with E-state index < -0.39 is 9.04 Å². The summed E-state index contributed by atoms with van der Waals surface area (Å²) in [6.45, 7) is 8.32. The molecule has 2 aromatic rings. The molecule has 110 valence electrons. The molecule has 0 N–H and O–H groups in total. The molecule has 1 heterocycles. The van der Waals surface area contributed by atoms with Gasteiger partial charge in [-0.15, -0.1) is 0 Å². The van der Waals surface area contributed by atoms with Crippen LogP contribution in [0.15, 0.2) is 35.6 Å².